The zero-order valence-corrected chi connectivity index (χ0v) is 15.2. The van der Waals surface area contributed by atoms with Gasteiger partial charge in [0.15, 0.2) is 12.0 Å². The normalized spacial score (nSPS) is 29.0. The number of benzene rings is 1. The molecule has 1 N–H and O–H groups in total. The lowest BCUT2D eigenvalue weighted by Gasteiger charge is -2.43. The van der Waals surface area contributed by atoms with Crippen LogP contribution in [0.3, 0.4) is 0 Å². The number of hydrogen-bond acceptors (Lipinski definition) is 6. The highest BCUT2D eigenvalue weighted by Crippen LogP contribution is 2.33. The fourth-order valence-corrected chi connectivity index (χ4v) is 2.94. The lowest BCUT2D eigenvalue weighted by molar-refractivity contribution is -0.259. The standard InChI is InChI=1S/C19H27NO5/c1-12-13(2)18(24-15(4)21)19(23-14(3)20)25-17(12)11-22-10-16-8-6-5-7-9-16/h5-9,12-13,17-20H,10-11H2,1-4H3. The van der Waals surface area contributed by atoms with E-state index in [4.69, 9.17) is 24.4 Å². The van der Waals surface area contributed by atoms with E-state index in [9.17, 15) is 4.79 Å². The Kier molecular flexibility index (Phi) is 6.96. The Morgan fingerprint density at radius 3 is 2.40 bits per heavy atom. The number of carbonyl (C=O) groups is 1. The van der Waals surface area contributed by atoms with Crippen LogP contribution in [-0.2, 0) is 30.3 Å². The number of ether oxygens (including phenoxy) is 4. The van der Waals surface area contributed by atoms with E-state index in [1.807, 2.05) is 44.2 Å². The van der Waals surface area contributed by atoms with Crippen LogP contribution in [0, 0.1) is 17.2 Å². The summed E-state index contributed by atoms with van der Waals surface area (Å²) in [7, 11) is 0. The SMILES string of the molecule is CC(=N)OC1OC(COCc2ccccc2)C(C)C(C)C1OC(C)=O. The van der Waals surface area contributed by atoms with E-state index in [1.54, 1.807) is 0 Å². The first-order valence-corrected chi connectivity index (χ1v) is 8.54. The van der Waals surface area contributed by atoms with E-state index < -0.39 is 12.4 Å². The van der Waals surface area contributed by atoms with E-state index in [1.165, 1.54) is 13.8 Å². The summed E-state index contributed by atoms with van der Waals surface area (Å²) in [6, 6.07) is 9.93. The molecule has 1 fully saturated rings. The Bertz CT molecular complexity index is 576. The Hall–Kier alpha value is -1.92. The predicted octanol–water partition coefficient (Wildman–Crippen LogP) is 3.15. The highest BCUT2D eigenvalue weighted by Gasteiger charge is 2.45. The molecule has 25 heavy (non-hydrogen) atoms. The van der Waals surface area contributed by atoms with Gasteiger partial charge in [-0.05, 0) is 11.5 Å². The van der Waals surface area contributed by atoms with Gasteiger partial charge in [0.1, 0.15) is 0 Å². The second-order valence-electron chi connectivity index (χ2n) is 6.51. The molecule has 1 aromatic rings. The predicted molar refractivity (Wildman–Crippen MR) is 93.1 cm³/mol. The molecule has 0 amide bonds. The summed E-state index contributed by atoms with van der Waals surface area (Å²) in [6.45, 7) is 7.85. The van der Waals surface area contributed by atoms with E-state index in [2.05, 4.69) is 0 Å². The van der Waals surface area contributed by atoms with Gasteiger partial charge in [0.25, 0.3) is 0 Å². The molecule has 6 nitrogen and oxygen atoms in total. The molecule has 0 aromatic heterocycles. The average molecular weight is 349 g/mol. The maximum absolute atomic E-state index is 11.4. The summed E-state index contributed by atoms with van der Waals surface area (Å²) in [5.41, 5.74) is 1.10. The second kappa shape index (κ2) is 8.97. The Morgan fingerprint density at radius 2 is 1.80 bits per heavy atom. The topological polar surface area (TPSA) is 77.8 Å². The van der Waals surface area contributed by atoms with E-state index in [0.717, 1.165) is 5.56 Å². The summed E-state index contributed by atoms with van der Waals surface area (Å²) in [5.74, 6) is -0.228. The molecule has 5 unspecified atom stereocenters. The largest absolute Gasteiger partial charge is 0.456 e. The minimum absolute atomic E-state index is 0.0207. The lowest BCUT2D eigenvalue weighted by atomic mass is 9.83. The third-order valence-electron chi connectivity index (χ3n) is 4.50. The van der Waals surface area contributed by atoms with E-state index >= 15 is 0 Å². The highest BCUT2D eigenvalue weighted by molar-refractivity contribution is 5.69. The van der Waals surface area contributed by atoms with Crippen LogP contribution in [0.25, 0.3) is 0 Å². The first kappa shape index (κ1) is 19.4. The van der Waals surface area contributed by atoms with Gasteiger partial charge in [-0.15, -0.1) is 0 Å². The molecule has 1 aromatic carbocycles. The molecule has 2 rings (SSSR count). The maximum Gasteiger partial charge on any atom is 0.303 e. The van der Waals surface area contributed by atoms with Crippen LogP contribution in [0.15, 0.2) is 30.3 Å². The van der Waals surface area contributed by atoms with Crippen molar-refractivity contribution in [1.82, 2.24) is 0 Å². The van der Waals surface area contributed by atoms with Crippen molar-refractivity contribution in [1.29, 1.82) is 5.41 Å². The molecular weight excluding hydrogens is 322 g/mol. The number of carbonyl (C=O) groups excluding carboxylic acids is 1. The molecule has 1 heterocycles. The molecule has 0 saturated carbocycles. The van der Waals surface area contributed by atoms with Gasteiger partial charge in [-0.3, -0.25) is 10.2 Å². The van der Waals surface area contributed by atoms with Gasteiger partial charge in [-0.1, -0.05) is 44.2 Å². The molecule has 1 aliphatic heterocycles. The molecule has 5 atom stereocenters. The third-order valence-corrected chi connectivity index (χ3v) is 4.50. The monoisotopic (exact) mass is 349 g/mol. The van der Waals surface area contributed by atoms with Crippen molar-refractivity contribution >= 4 is 11.9 Å². The van der Waals surface area contributed by atoms with Crippen LogP contribution < -0.4 is 0 Å². The molecule has 1 aliphatic rings. The smallest absolute Gasteiger partial charge is 0.303 e. The van der Waals surface area contributed by atoms with E-state index in [0.29, 0.717) is 13.2 Å². The Labute approximate surface area is 148 Å². The second-order valence-corrected chi connectivity index (χ2v) is 6.51. The van der Waals surface area contributed by atoms with Crippen molar-refractivity contribution < 1.29 is 23.7 Å². The zero-order chi connectivity index (χ0) is 18.4. The van der Waals surface area contributed by atoms with Crippen molar-refractivity contribution in [3.63, 3.8) is 0 Å². The Morgan fingerprint density at radius 1 is 1.12 bits per heavy atom. The number of nitrogens with one attached hydrogen (secondary N) is 1. The maximum atomic E-state index is 11.4. The summed E-state index contributed by atoms with van der Waals surface area (Å²) in [4.78, 5) is 11.4. The van der Waals surface area contributed by atoms with Crippen LogP contribution in [0.1, 0.15) is 33.3 Å². The van der Waals surface area contributed by atoms with Crippen LogP contribution in [0.4, 0.5) is 0 Å². The van der Waals surface area contributed by atoms with Gasteiger partial charge in [-0.25, -0.2) is 0 Å². The van der Waals surface area contributed by atoms with Gasteiger partial charge >= 0.3 is 5.97 Å². The first-order chi connectivity index (χ1) is 11.9. The fourth-order valence-electron chi connectivity index (χ4n) is 2.94. The van der Waals surface area contributed by atoms with Gasteiger partial charge in [0.05, 0.1) is 19.3 Å². The quantitative estimate of drug-likeness (QED) is 0.485. The van der Waals surface area contributed by atoms with Crippen molar-refractivity contribution in [2.45, 2.75) is 52.8 Å². The van der Waals surface area contributed by atoms with Crippen LogP contribution in [0.5, 0.6) is 0 Å². The highest BCUT2D eigenvalue weighted by atomic mass is 16.7. The first-order valence-electron chi connectivity index (χ1n) is 8.54. The van der Waals surface area contributed by atoms with Crippen molar-refractivity contribution in [3.05, 3.63) is 35.9 Å². The van der Waals surface area contributed by atoms with Gasteiger partial charge < -0.3 is 18.9 Å². The summed E-state index contributed by atoms with van der Waals surface area (Å²) in [5, 5.41) is 7.56. The van der Waals surface area contributed by atoms with Gasteiger partial charge in [0, 0.05) is 19.8 Å². The molecule has 0 aliphatic carbocycles. The molecule has 0 spiro atoms. The number of hydrogen-bond donors (Lipinski definition) is 1. The molecule has 0 bridgehead atoms. The van der Waals surface area contributed by atoms with Gasteiger partial charge in [-0.2, -0.15) is 0 Å². The van der Waals surface area contributed by atoms with Crippen molar-refractivity contribution in [3.8, 4) is 0 Å². The number of esters is 1. The van der Waals surface area contributed by atoms with Crippen LogP contribution >= 0.6 is 0 Å². The minimum Gasteiger partial charge on any atom is -0.456 e. The summed E-state index contributed by atoms with van der Waals surface area (Å²) in [6.07, 6.45) is -1.54. The number of rotatable bonds is 6. The summed E-state index contributed by atoms with van der Waals surface area (Å²) < 4.78 is 22.6. The lowest BCUT2D eigenvalue weighted by Crippen LogP contribution is -2.53. The Balaban J connectivity index is 1.98. The van der Waals surface area contributed by atoms with Crippen LogP contribution in [0.2, 0.25) is 0 Å². The molecule has 0 radical (unpaired) electrons. The average Bonchev–Trinajstić information content (AvgIpc) is 2.56. The van der Waals surface area contributed by atoms with Crippen molar-refractivity contribution in [2.24, 2.45) is 11.8 Å². The summed E-state index contributed by atoms with van der Waals surface area (Å²) >= 11 is 0. The fraction of sp³-hybridized carbons (Fsp3) is 0.579. The van der Waals surface area contributed by atoms with Crippen LogP contribution in [-0.4, -0.2) is 37.0 Å². The minimum atomic E-state index is -0.794. The van der Waals surface area contributed by atoms with E-state index in [-0.39, 0.29) is 29.8 Å². The molecule has 1 saturated heterocycles. The third kappa shape index (κ3) is 5.54. The zero-order valence-electron chi connectivity index (χ0n) is 15.2. The molecular formula is C19H27NO5. The van der Waals surface area contributed by atoms with Crippen molar-refractivity contribution in [2.75, 3.05) is 6.61 Å². The molecule has 6 heteroatoms. The molecule has 138 valence electrons. The van der Waals surface area contributed by atoms with Gasteiger partial charge in [0.2, 0.25) is 6.29 Å².